The number of hydrogen-bond donors (Lipinski definition) is 1. The van der Waals surface area contributed by atoms with Gasteiger partial charge in [-0.15, -0.1) is 0 Å². The van der Waals surface area contributed by atoms with Crippen molar-refractivity contribution in [1.82, 2.24) is 4.90 Å². The summed E-state index contributed by atoms with van der Waals surface area (Å²) in [6, 6.07) is 0. The molecule has 8 heteroatoms. The maximum atomic E-state index is 12.5. The maximum absolute atomic E-state index is 12.5. The van der Waals surface area contributed by atoms with E-state index in [9.17, 15) is 9.59 Å². The summed E-state index contributed by atoms with van der Waals surface area (Å²) in [6.45, 7) is 9.23. The Morgan fingerprint density at radius 3 is 2.50 bits per heavy atom. The number of thiocarbonyl (C=S) groups is 1. The highest BCUT2D eigenvalue weighted by molar-refractivity contribution is 7.80. The van der Waals surface area contributed by atoms with Crippen LogP contribution in [0.5, 0.6) is 11.5 Å². The van der Waals surface area contributed by atoms with Crippen LogP contribution in [0.25, 0.3) is 0 Å². The van der Waals surface area contributed by atoms with Crippen LogP contribution in [0.4, 0.5) is 0 Å². The Bertz CT molecular complexity index is 873. The molecule has 0 saturated heterocycles. The molecule has 0 fully saturated rings. The Hall–Kier alpha value is -2.61. The zero-order valence-electron chi connectivity index (χ0n) is 18.2. The van der Waals surface area contributed by atoms with Crippen molar-refractivity contribution in [3.8, 4) is 11.5 Å². The lowest BCUT2D eigenvalue weighted by molar-refractivity contribution is -0.136. The number of esters is 1. The summed E-state index contributed by atoms with van der Waals surface area (Å²) in [7, 11) is 1.57. The van der Waals surface area contributed by atoms with Crippen LogP contribution < -0.4 is 9.47 Å². The van der Waals surface area contributed by atoms with Gasteiger partial charge in [0.2, 0.25) is 0 Å². The number of ether oxygens (including phenoxy) is 3. The van der Waals surface area contributed by atoms with E-state index >= 15 is 0 Å². The smallest absolute Gasteiger partial charge is 0.342 e. The lowest BCUT2D eigenvalue weighted by Gasteiger charge is -2.24. The minimum Gasteiger partial charge on any atom is -0.496 e. The van der Waals surface area contributed by atoms with E-state index in [0.29, 0.717) is 48.6 Å². The Morgan fingerprint density at radius 2 is 1.93 bits per heavy atom. The number of nitrogens with zero attached hydrogens (tertiary/aromatic N) is 1. The molecule has 0 saturated carbocycles. The Balaban J connectivity index is 2.55. The lowest BCUT2D eigenvalue weighted by Crippen LogP contribution is -2.33. The van der Waals surface area contributed by atoms with Crippen molar-refractivity contribution in [2.75, 3.05) is 20.2 Å². The summed E-state index contributed by atoms with van der Waals surface area (Å²) < 4.78 is 17.0. The van der Waals surface area contributed by atoms with Crippen LogP contribution in [0.3, 0.4) is 0 Å². The van der Waals surface area contributed by atoms with Crippen molar-refractivity contribution in [2.24, 2.45) is 0 Å². The van der Waals surface area contributed by atoms with E-state index < -0.39 is 11.9 Å². The van der Waals surface area contributed by atoms with Gasteiger partial charge in [0.25, 0.3) is 5.17 Å². The molecule has 0 unspecified atom stereocenters. The van der Waals surface area contributed by atoms with Gasteiger partial charge in [0.05, 0.1) is 7.11 Å². The van der Waals surface area contributed by atoms with Gasteiger partial charge in [-0.1, -0.05) is 11.6 Å². The van der Waals surface area contributed by atoms with E-state index in [1.54, 1.807) is 7.11 Å². The molecule has 0 radical (unpaired) electrons. The predicted molar refractivity (Wildman–Crippen MR) is 117 cm³/mol. The SMILES string of the molecule is CCN(CC)C(=S)Oc1c(C/C=C(\C)CCC(=O)O)c(OC)c(C)c2c1C(=O)OC2. The number of carbonyl (C=O) groups is 2. The van der Waals surface area contributed by atoms with Crippen LogP contribution in [0.2, 0.25) is 0 Å². The van der Waals surface area contributed by atoms with E-state index in [-0.39, 0.29) is 18.2 Å². The van der Waals surface area contributed by atoms with Crippen molar-refractivity contribution in [3.63, 3.8) is 0 Å². The number of allylic oxidation sites excluding steroid dienone is 2. The summed E-state index contributed by atoms with van der Waals surface area (Å²) in [6.07, 6.45) is 2.84. The minimum atomic E-state index is -0.843. The summed E-state index contributed by atoms with van der Waals surface area (Å²) in [5.41, 5.74) is 3.57. The van der Waals surface area contributed by atoms with Gasteiger partial charge in [-0.25, -0.2) is 4.79 Å². The molecule has 1 aliphatic heterocycles. The first kappa shape index (κ1) is 23.7. The number of hydrogen-bond acceptors (Lipinski definition) is 6. The first-order valence-electron chi connectivity index (χ1n) is 9.98. The Kier molecular flexibility index (Phi) is 8.23. The molecular formula is C22H29NO6S. The second-order valence-corrected chi connectivity index (χ2v) is 7.43. The number of carbonyl (C=O) groups excluding carboxylic acids is 1. The van der Waals surface area contributed by atoms with E-state index in [1.807, 2.05) is 38.7 Å². The number of carboxylic acid groups (broad SMARTS) is 1. The number of methoxy groups -OCH3 is 1. The Labute approximate surface area is 182 Å². The molecule has 0 bridgehead atoms. The molecule has 2 rings (SSSR count). The number of aliphatic carboxylic acids is 1. The van der Waals surface area contributed by atoms with Gasteiger partial charge < -0.3 is 24.2 Å². The highest BCUT2D eigenvalue weighted by atomic mass is 32.1. The molecular weight excluding hydrogens is 406 g/mol. The fourth-order valence-electron chi connectivity index (χ4n) is 3.44. The van der Waals surface area contributed by atoms with Gasteiger partial charge >= 0.3 is 11.9 Å². The average Bonchev–Trinajstić information content (AvgIpc) is 3.10. The zero-order chi connectivity index (χ0) is 22.4. The van der Waals surface area contributed by atoms with E-state index in [2.05, 4.69) is 0 Å². The number of rotatable bonds is 9. The van der Waals surface area contributed by atoms with Crippen LogP contribution in [0, 0.1) is 6.92 Å². The lowest BCUT2D eigenvalue weighted by atomic mass is 9.94. The number of cyclic esters (lactones) is 1. The molecule has 164 valence electrons. The molecule has 1 aromatic carbocycles. The van der Waals surface area contributed by atoms with Gasteiger partial charge in [0.15, 0.2) is 5.75 Å². The first-order valence-corrected chi connectivity index (χ1v) is 10.4. The molecule has 1 N–H and O–H groups in total. The van der Waals surface area contributed by atoms with Crippen LogP contribution in [-0.2, 0) is 22.6 Å². The molecule has 0 aliphatic carbocycles. The molecule has 0 spiro atoms. The molecule has 0 amide bonds. The highest BCUT2D eigenvalue weighted by Crippen LogP contribution is 2.43. The third-order valence-corrected chi connectivity index (χ3v) is 5.57. The second-order valence-electron chi connectivity index (χ2n) is 7.08. The van der Waals surface area contributed by atoms with Gasteiger partial charge in [-0.05, 0) is 58.3 Å². The first-order chi connectivity index (χ1) is 14.2. The topological polar surface area (TPSA) is 85.3 Å². The van der Waals surface area contributed by atoms with Gasteiger partial charge in [0.1, 0.15) is 17.9 Å². The molecule has 0 aromatic heterocycles. The summed E-state index contributed by atoms with van der Waals surface area (Å²) >= 11 is 5.47. The largest absolute Gasteiger partial charge is 0.496 e. The van der Waals surface area contributed by atoms with Gasteiger partial charge in [-0.2, -0.15) is 0 Å². The summed E-state index contributed by atoms with van der Waals surface area (Å²) in [4.78, 5) is 25.2. The third-order valence-electron chi connectivity index (χ3n) is 5.22. The van der Waals surface area contributed by atoms with E-state index in [1.165, 1.54) is 0 Å². The average molecular weight is 436 g/mol. The van der Waals surface area contributed by atoms with Crippen molar-refractivity contribution in [3.05, 3.63) is 33.9 Å². The highest BCUT2D eigenvalue weighted by Gasteiger charge is 2.34. The summed E-state index contributed by atoms with van der Waals surface area (Å²) in [5.74, 6) is -0.313. The molecule has 30 heavy (non-hydrogen) atoms. The monoisotopic (exact) mass is 435 g/mol. The molecule has 7 nitrogen and oxygen atoms in total. The van der Waals surface area contributed by atoms with Crippen LogP contribution in [-0.4, -0.2) is 47.3 Å². The Morgan fingerprint density at radius 1 is 1.27 bits per heavy atom. The van der Waals surface area contributed by atoms with E-state index in [4.69, 9.17) is 31.5 Å². The van der Waals surface area contributed by atoms with Gasteiger partial charge in [0, 0.05) is 30.6 Å². The fraction of sp³-hybridized carbons (Fsp3) is 0.500. The quantitative estimate of drug-likeness (QED) is 0.353. The maximum Gasteiger partial charge on any atom is 0.342 e. The molecule has 1 aliphatic rings. The van der Waals surface area contributed by atoms with Crippen molar-refractivity contribution in [2.45, 2.75) is 53.6 Å². The zero-order valence-corrected chi connectivity index (χ0v) is 19.0. The number of fused-ring (bicyclic) bond motifs is 1. The summed E-state index contributed by atoms with van der Waals surface area (Å²) in [5, 5.41) is 9.18. The third kappa shape index (κ3) is 5.11. The standard InChI is InChI=1S/C22H29NO6S/c1-6-23(7-2)22(30)29-20-15(10-8-13(3)9-11-17(24)25)19(27-5)14(4)16-12-28-21(26)18(16)20/h8H,6-7,9-12H2,1-5H3,(H,24,25)/b13-8+. The van der Waals surface area contributed by atoms with E-state index in [0.717, 1.165) is 16.7 Å². The van der Waals surface area contributed by atoms with Crippen molar-refractivity contribution >= 4 is 29.3 Å². The van der Waals surface area contributed by atoms with Gasteiger partial charge in [-0.3, -0.25) is 4.79 Å². The predicted octanol–water partition coefficient (Wildman–Crippen LogP) is 4.03. The second kappa shape index (κ2) is 10.4. The van der Waals surface area contributed by atoms with Crippen LogP contribution in [0.15, 0.2) is 11.6 Å². The molecule has 1 heterocycles. The molecule has 1 aromatic rings. The number of carboxylic acids is 1. The normalized spacial score (nSPS) is 13.0. The van der Waals surface area contributed by atoms with Crippen LogP contribution >= 0.6 is 12.2 Å². The van der Waals surface area contributed by atoms with Crippen molar-refractivity contribution < 1.29 is 28.9 Å². The molecule has 0 atom stereocenters. The van der Waals surface area contributed by atoms with Crippen molar-refractivity contribution in [1.29, 1.82) is 0 Å². The minimum absolute atomic E-state index is 0.0599. The number of benzene rings is 1. The van der Waals surface area contributed by atoms with Crippen LogP contribution in [0.1, 0.15) is 60.7 Å². The fourth-order valence-corrected chi connectivity index (χ4v) is 3.78.